The normalized spacial score (nSPS) is 20.4. The van der Waals surface area contributed by atoms with Crippen LogP contribution in [0.5, 0.6) is 0 Å². The van der Waals surface area contributed by atoms with Crippen molar-refractivity contribution >= 4 is 23.8 Å². The van der Waals surface area contributed by atoms with Gasteiger partial charge >= 0.3 is 12.1 Å². The third kappa shape index (κ3) is 4.85. The highest BCUT2D eigenvalue weighted by molar-refractivity contribution is 7.98. The monoisotopic (exact) mass is 261 g/mol. The van der Waals surface area contributed by atoms with Crippen LogP contribution in [0.3, 0.4) is 0 Å². The van der Waals surface area contributed by atoms with Crippen molar-refractivity contribution < 1.29 is 19.1 Å². The van der Waals surface area contributed by atoms with E-state index < -0.39 is 17.7 Å². The van der Waals surface area contributed by atoms with Crippen molar-refractivity contribution in [1.82, 2.24) is 4.90 Å². The highest BCUT2D eigenvalue weighted by Crippen LogP contribution is 2.15. The van der Waals surface area contributed by atoms with E-state index in [4.69, 9.17) is 9.47 Å². The Balaban J connectivity index is 2.42. The van der Waals surface area contributed by atoms with Gasteiger partial charge in [0.2, 0.25) is 0 Å². The van der Waals surface area contributed by atoms with E-state index in [0.717, 1.165) is 5.75 Å². The Morgan fingerprint density at radius 3 is 2.76 bits per heavy atom. The van der Waals surface area contributed by atoms with Crippen molar-refractivity contribution in [2.45, 2.75) is 32.5 Å². The van der Waals surface area contributed by atoms with Crippen LogP contribution in [-0.4, -0.2) is 53.8 Å². The summed E-state index contributed by atoms with van der Waals surface area (Å²) in [6.45, 7) is 5.80. The number of amides is 1. The van der Waals surface area contributed by atoms with Crippen LogP contribution in [0, 0.1) is 0 Å². The quantitative estimate of drug-likeness (QED) is 0.718. The van der Waals surface area contributed by atoms with E-state index in [0.29, 0.717) is 6.54 Å². The highest BCUT2D eigenvalue weighted by atomic mass is 32.2. The van der Waals surface area contributed by atoms with Crippen molar-refractivity contribution in [2.75, 3.05) is 25.1 Å². The number of hydrogen-bond donors (Lipinski definition) is 0. The predicted molar refractivity (Wildman–Crippen MR) is 66.1 cm³/mol. The third-order valence-electron chi connectivity index (χ3n) is 2.04. The Bertz CT molecular complexity index is 300. The Hall–Kier alpha value is -0.910. The standard InChI is InChI=1S/C11H19NO4S/c1-11(2,3)16-9(13)6-12-5-8(7-17-4)15-10(12)14/h8H,5-7H2,1-4H3/t8-/m0/s1. The second-order valence-corrected chi connectivity index (χ2v) is 5.84. The van der Waals surface area contributed by atoms with E-state index in [1.807, 2.05) is 6.26 Å². The lowest BCUT2D eigenvalue weighted by atomic mass is 10.2. The summed E-state index contributed by atoms with van der Waals surface area (Å²) in [5.74, 6) is 0.343. The summed E-state index contributed by atoms with van der Waals surface area (Å²) in [4.78, 5) is 24.4. The molecule has 1 saturated heterocycles. The van der Waals surface area contributed by atoms with Crippen LogP contribution < -0.4 is 0 Å². The Morgan fingerprint density at radius 1 is 1.59 bits per heavy atom. The molecule has 1 fully saturated rings. The highest BCUT2D eigenvalue weighted by Gasteiger charge is 2.33. The molecule has 0 bridgehead atoms. The SMILES string of the molecule is CSC[C@@H]1CN(CC(=O)OC(C)(C)C)C(=O)O1. The summed E-state index contributed by atoms with van der Waals surface area (Å²) in [5, 5.41) is 0. The van der Waals surface area contributed by atoms with Gasteiger partial charge in [0.15, 0.2) is 0 Å². The lowest BCUT2D eigenvalue weighted by Crippen LogP contribution is -2.35. The van der Waals surface area contributed by atoms with Crippen LogP contribution in [0.25, 0.3) is 0 Å². The van der Waals surface area contributed by atoms with E-state index in [2.05, 4.69) is 0 Å². The molecule has 0 aromatic carbocycles. The van der Waals surface area contributed by atoms with Gasteiger partial charge in [0.1, 0.15) is 18.2 Å². The predicted octanol–water partition coefficient (Wildman–Crippen LogP) is 1.51. The first kappa shape index (κ1) is 14.2. The summed E-state index contributed by atoms with van der Waals surface area (Å²) >= 11 is 1.61. The van der Waals surface area contributed by atoms with Gasteiger partial charge in [0.25, 0.3) is 0 Å². The molecule has 6 heteroatoms. The van der Waals surface area contributed by atoms with E-state index in [9.17, 15) is 9.59 Å². The molecule has 0 N–H and O–H groups in total. The van der Waals surface area contributed by atoms with Crippen LogP contribution in [0.2, 0.25) is 0 Å². The van der Waals surface area contributed by atoms with Crippen molar-refractivity contribution in [3.8, 4) is 0 Å². The zero-order chi connectivity index (χ0) is 13.1. The first-order valence-electron chi connectivity index (χ1n) is 5.48. The molecule has 0 aromatic rings. The number of carbonyl (C=O) groups is 2. The fourth-order valence-electron chi connectivity index (χ4n) is 1.51. The molecule has 0 saturated carbocycles. The zero-order valence-corrected chi connectivity index (χ0v) is 11.5. The van der Waals surface area contributed by atoms with Crippen molar-refractivity contribution in [3.63, 3.8) is 0 Å². The Morgan fingerprint density at radius 2 is 2.24 bits per heavy atom. The van der Waals surface area contributed by atoms with Gasteiger partial charge in [0.05, 0.1) is 6.54 Å². The lowest BCUT2D eigenvalue weighted by Gasteiger charge is -2.21. The summed E-state index contributed by atoms with van der Waals surface area (Å²) < 4.78 is 10.3. The maximum Gasteiger partial charge on any atom is 0.410 e. The zero-order valence-electron chi connectivity index (χ0n) is 10.7. The first-order chi connectivity index (χ1) is 7.81. The molecule has 1 heterocycles. The van der Waals surface area contributed by atoms with Gasteiger partial charge < -0.3 is 9.47 Å². The van der Waals surface area contributed by atoms with Crippen molar-refractivity contribution in [2.24, 2.45) is 0 Å². The maximum atomic E-state index is 11.5. The van der Waals surface area contributed by atoms with Crippen LogP contribution in [-0.2, 0) is 14.3 Å². The molecule has 0 spiro atoms. The minimum atomic E-state index is -0.528. The number of hydrogen-bond acceptors (Lipinski definition) is 5. The molecule has 0 aliphatic carbocycles. The molecule has 0 aromatic heterocycles. The van der Waals surface area contributed by atoms with E-state index in [-0.39, 0.29) is 12.6 Å². The van der Waals surface area contributed by atoms with Gasteiger partial charge in [-0.25, -0.2) is 4.79 Å². The summed E-state index contributed by atoms with van der Waals surface area (Å²) in [6, 6.07) is 0. The molecule has 17 heavy (non-hydrogen) atoms. The molecule has 5 nitrogen and oxygen atoms in total. The van der Waals surface area contributed by atoms with Gasteiger partial charge in [-0.1, -0.05) is 0 Å². The van der Waals surface area contributed by atoms with Gasteiger partial charge in [-0.3, -0.25) is 9.69 Å². The van der Waals surface area contributed by atoms with Gasteiger partial charge in [0, 0.05) is 5.75 Å². The fourth-order valence-corrected chi connectivity index (χ4v) is 2.05. The van der Waals surface area contributed by atoms with Gasteiger partial charge in [-0.2, -0.15) is 11.8 Å². The lowest BCUT2D eigenvalue weighted by molar-refractivity contribution is -0.155. The van der Waals surface area contributed by atoms with E-state index >= 15 is 0 Å². The minimum Gasteiger partial charge on any atom is -0.459 e. The second kappa shape index (κ2) is 5.62. The molecular formula is C11H19NO4S. The fraction of sp³-hybridized carbons (Fsp3) is 0.818. The van der Waals surface area contributed by atoms with Crippen molar-refractivity contribution in [1.29, 1.82) is 0 Å². The third-order valence-corrected chi connectivity index (χ3v) is 2.75. The molecule has 0 radical (unpaired) electrons. The molecule has 1 amide bonds. The topological polar surface area (TPSA) is 55.8 Å². The minimum absolute atomic E-state index is 0.0407. The molecule has 1 aliphatic rings. The van der Waals surface area contributed by atoms with Gasteiger partial charge in [-0.15, -0.1) is 0 Å². The van der Waals surface area contributed by atoms with Crippen LogP contribution in [0.15, 0.2) is 0 Å². The number of esters is 1. The molecule has 1 aliphatic heterocycles. The largest absolute Gasteiger partial charge is 0.459 e. The number of carbonyl (C=O) groups excluding carboxylic acids is 2. The molecule has 98 valence electrons. The average molecular weight is 261 g/mol. The Labute approximate surface area is 106 Å². The average Bonchev–Trinajstić information content (AvgIpc) is 2.44. The second-order valence-electron chi connectivity index (χ2n) is 4.93. The number of thioether (sulfide) groups is 1. The molecule has 1 rings (SSSR count). The molecule has 1 atom stereocenters. The number of nitrogens with zero attached hydrogens (tertiary/aromatic N) is 1. The van der Waals surface area contributed by atoms with E-state index in [1.165, 1.54) is 4.90 Å². The van der Waals surface area contributed by atoms with Crippen LogP contribution in [0.1, 0.15) is 20.8 Å². The van der Waals surface area contributed by atoms with Crippen molar-refractivity contribution in [3.05, 3.63) is 0 Å². The summed E-state index contributed by atoms with van der Waals surface area (Å²) in [5.41, 5.74) is -0.528. The number of rotatable bonds is 4. The van der Waals surface area contributed by atoms with Gasteiger partial charge in [-0.05, 0) is 27.0 Å². The molecule has 0 unspecified atom stereocenters. The molecular weight excluding hydrogens is 242 g/mol. The smallest absolute Gasteiger partial charge is 0.410 e. The summed E-state index contributed by atoms with van der Waals surface area (Å²) in [6.07, 6.45) is 1.39. The summed E-state index contributed by atoms with van der Waals surface area (Å²) in [7, 11) is 0. The Kier molecular flexibility index (Phi) is 4.68. The van der Waals surface area contributed by atoms with E-state index in [1.54, 1.807) is 32.5 Å². The van der Waals surface area contributed by atoms with Crippen LogP contribution >= 0.6 is 11.8 Å². The van der Waals surface area contributed by atoms with Crippen LogP contribution in [0.4, 0.5) is 4.79 Å². The first-order valence-corrected chi connectivity index (χ1v) is 6.87. The number of cyclic esters (lactones) is 1. The maximum absolute atomic E-state index is 11.5. The number of ether oxygens (including phenoxy) is 2.